The first-order chi connectivity index (χ1) is 10.4. The number of aromatic amines is 1. The number of alkyl halides is 1. The number of H-pyrrole nitrogens is 1. The van der Waals surface area contributed by atoms with Crippen molar-refractivity contribution in [3.05, 3.63) is 33.2 Å². The van der Waals surface area contributed by atoms with E-state index < -0.39 is 33.9 Å². The van der Waals surface area contributed by atoms with Gasteiger partial charge in [-0.05, 0) is 43.7 Å². The smallest absolute Gasteiger partial charge is 0.270 e. The first-order valence-electron chi connectivity index (χ1n) is 7.29. The number of rotatable bonds is 5. The van der Waals surface area contributed by atoms with Gasteiger partial charge < -0.3 is 4.98 Å². The zero-order valence-electron chi connectivity index (χ0n) is 12.2. The lowest BCUT2D eigenvalue weighted by Gasteiger charge is -2.09. The third kappa shape index (κ3) is 4.16. The number of sulfonamides is 1. The zero-order valence-corrected chi connectivity index (χ0v) is 13.0. The largest absolute Gasteiger partial charge is 0.325 e. The third-order valence-corrected chi connectivity index (χ3v) is 4.95. The zero-order chi connectivity index (χ0) is 16.2. The molecule has 0 aromatic carbocycles. The fraction of sp³-hybridized carbons (Fsp3) is 0.571. The molecule has 8 heteroatoms. The fourth-order valence-electron chi connectivity index (χ4n) is 2.51. The summed E-state index contributed by atoms with van der Waals surface area (Å²) in [5.41, 5.74) is 0.881. The first kappa shape index (κ1) is 16.7. The Kier molecular flexibility index (Phi) is 5.33. The molecule has 0 spiro atoms. The number of halogens is 1. The lowest BCUT2D eigenvalue weighted by Crippen LogP contribution is -2.36. The molecule has 6 nitrogen and oxygen atoms in total. The molecule has 0 fully saturated rings. The highest BCUT2D eigenvalue weighted by atomic mass is 32.2. The van der Waals surface area contributed by atoms with Crippen LogP contribution in [0.5, 0.6) is 0 Å². The van der Waals surface area contributed by atoms with E-state index >= 15 is 0 Å². The van der Waals surface area contributed by atoms with Crippen molar-refractivity contribution in [2.24, 2.45) is 0 Å². The van der Waals surface area contributed by atoms with Gasteiger partial charge >= 0.3 is 0 Å². The molecular formula is C14H19FN2O4S. The van der Waals surface area contributed by atoms with Crippen LogP contribution >= 0.6 is 0 Å². The summed E-state index contributed by atoms with van der Waals surface area (Å²) in [4.78, 5) is 26.7. The maximum atomic E-state index is 12.0. The first-order valence-corrected chi connectivity index (χ1v) is 8.94. The van der Waals surface area contributed by atoms with Crippen LogP contribution in [0.1, 0.15) is 47.3 Å². The number of nitrogens with one attached hydrogen (secondary N) is 2. The van der Waals surface area contributed by atoms with Crippen molar-refractivity contribution in [1.82, 2.24) is 9.71 Å². The Morgan fingerprint density at radius 1 is 1.27 bits per heavy atom. The van der Waals surface area contributed by atoms with Crippen LogP contribution < -0.4 is 10.3 Å². The molecule has 0 unspecified atom stereocenters. The highest BCUT2D eigenvalue weighted by Crippen LogP contribution is 2.18. The molecule has 0 saturated carbocycles. The summed E-state index contributed by atoms with van der Waals surface area (Å²) in [6.45, 7) is -0.783. The summed E-state index contributed by atoms with van der Waals surface area (Å²) in [7, 11) is -3.93. The second-order valence-electron chi connectivity index (χ2n) is 5.37. The molecule has 0 aliphatic heterocycles. The van der Waals surface area contributed by atoms with Gasteiger partial charge in [0, 0.05) is 5.69 Å². The van der Waals surface area contributed by atoms with Crippen molar-refractivity contribution < 1.29 is 17.6 Å². The molecule has 1 aliphatic carbocycles. The minimum atomic E-state index is -3.93. The van der Waals surface area contributed by atoms with Gasteiger partial charge in [0.25, 0.3) is 11.5 Å². The van der Waals surface area contributed by atoms with E-state index in [1.165, 1.54) is 6.07 Å². The van der Waals surface area contributed by atoms with Crippen molar-refractivity contribution >= 4 is 15.9 Å². The van der Waals surface area contributed by atoms with Crippen molar-refractivity contribution in [3.63, 3.8) is 0 Å². The van der Waals surface area contributed by atoms with Gasteiger partial charge in [-0.1, -0.05) is 6.42 Å². The Morgan fingerprint density at radius 2 is 2.00 bits per heavy atom. The van der Waals surface area contributed by atoms with Gasteiger partial charge in [0.2, 0.25) is 10.0 Å². The summed E-state index contributed by atoms with van der Waals surface area (Å²) < 4.78 is 37.1. The molecule has 122 valence electrons. The van der Waals surface area contributed by atoms with E-state index in [1.54, 1.807) is 0 Å². The SMILES string of the molecule is O=C(NS(=O)(=O)CCCF)c1cc2c([nH]c1=O)CCCCC2. The maximum Gasteiger partial charge on any atom is 0.270 e. The Balaban J connectivity index is 2.23. The Bertz CT molecular complexity index is 712. The van der Waals surface area contributed by atoms with Gasteiger partial charge in [-0.3, -0.25) is 14.0 Å². The minimum Gasteiger partial charge on any atom is -0.325 e. The van der Waals surface area contributed by atoms with E-state index in [-0.39, 0.29) is 12.0 Å². The molecule has 2 N–H and O–H groups in total. The molecular weight excluding hydrogens is 311 g/mol. The van der Waals surface area contributed by atoms with Crippen molar-refractivity contribution in [2.45, 2.75) is 38.5 Å². The average Bonchev–Trinajstić information content (AvgIpc) is 2.68. The summed E-state index contributed by atoms with van der Waals surface area (Å²) in [6.07, 6.45) is 4.31. The summed E-state index contributed by atoms with van der Waals surface area (Å²) in [6, 6.07) is 1.47. The molecule has 1 amide bonds. The summed E-state index contributed by atoms with van der Waals surface area (Å²) in [5, 5.41) is 0. The van der Waals surface area contributed by atoms with E-state index in [2.05, 4.69) is 4.98 Å². The number of aromatic nitrogens is 1. The predicted octanol–water partition coefficient (Wildman–Crippen LogP) is 1.06. The topological polar surface area (TPSA) is 96.1 Å². The molecule has 0 atom stereocenters. The number of hydrogen-bond donors (Lipinski definition) is 2. The summed E-state index contributed by atoms with van der Waals surface area (Å²) >= 11 is 0. The molecule has 0 saturated heterocycles. The highest BCUT2D eigenvalue weighted by molar-refractivity contribution is 7.90. The van der Waals surface area contributed by atoms with Gasteiger partial charge in [-0.2, -0.15) is 0 Å². The number of aryl methyl sites for hydroxylation is 2. The van der Waals surface area contributed by atoms with Crippen molar-refractivity contribution in [2.75, 3.05) is 12.4 Å². The quantitative estimate of drug-likeness (QED) is 0.789. The Hall–Kier alpha value is -1.70. The monoisotopic (exact) mass is 330 g/mol. The summed E-state index contributed by atoms with van der Waals surface area (Å²) in [5.74, 6) is -1.45. The van der Waals surface area contributed by atoms with Crippen LogP contribution in [0.15, 0.2) is 10.9 Å². The normalized spacial score (nSPS) is 15.0. The van der Waals surface area contributed by atoms with E-state index in [4.69, 9.17) is 0 Å². The van der Waals surface area contributed by atoms with Gasteiger partial charge in [-0.25, -0.2) is 13.1 Å². The average molecular weight is 330 g/mol. The van der Waals surface area contributed by atoms with Crippen LogP contribution in [-0.2, 0) is 22.9 Å². The molecule has 2 rings (SSSR count). The lowest BCUT2D eigenvalue weighted by molar-refractivity contribution is 0.0979. The van der Waals surface area contributed by atoms with E-state index in [1.807, 2.05) is 4.72 Å². The lowest BCUT2D eigenvalue weighted by atomic mass is 10.1. The van der Waals surface area contributed by atoms with Gasteiger partial charge in [-0.15, -0.1) is 0 Å². The highest BCUT2D eigenvalue weighted by Gasteiger charge is 2.20. The molecule has 1 aliphatic rings. The second kappa shape index (κ2) is 7.04. The van der Waals surface area contributed by atoms with Gasteiger partial charge in [0.05, 0.1) is 12.4 Å². The minimum absolute atomic E-state index is 0.191. The van der Waals surface area contributed by atoms with E-state index in [9.17, 15) is 22.4 Å². The van der Waals surface area contributed by atoms with Gasteiger partial charge in [0.1, 0.15) is 5.56 Å². The maximum absolute atomic E-state index is 12.0. The van der Waals surface area contributed by atoms with Crippen molar-refractivity contribution in [3.8, 4) is 0 Å². The Morgan fingerprint density at radius 3 is 2.73 bits per heavy atom. The van der Waals surface area contributed by atoms with Crippen LogP contribution in [-0.4, -0.2) is 31.7 Å². The van der Waals surface area contributed by atoms with Crippen LogP contribution in [0, 0.1) is 0 Å². The molecule has 1 aromatic rings. The fourth-order valence-corrected chi connectivity index (χ4v) is 3.50. The number of carbonyl (C=O) groups excluding carboxylic acids is 1. The van der Waals surface area contributed by atoms with E-state index in [0.717, 1.165) is 43.4 Å². The molecule has 0 radical (unpaired) electrons. The van der Waals surface area contributed by atoms with Crippen LogP contribution in [0.4, 0.5) is 4.39 Å². The standard InChI is InChI=1S/C14H19FN2O4S/c15-7-4-8-22(20,21)17-14(19)11-9-10-5-2-1-3-6-12(10)16-13(11)18/h9H,1-8H2,(H,16,18)(H,17,19). The molecule has 22 heavy (non-hydrogen) atoms. The van der Waals surface area contributed by atoms with Gasteiger partial charge in [0.15, 0.2) is 0 Å². The van der Waals surface area contributed by atoms with E-state index in [0.29, 0.717) is 0 Å². The number of pyridine rings is 1. The third-order valence-electron chi connectivity index (χ3n) is 3.63. The number of amides is 1. The number of hydrogen-bond acceptors (Lipinski definition) is 4. The predicted molar refractivity (Wildman–Crippen MR) is 80.2 cm³/mol. The van der Waals surface area contributed by atoms with Crippen LogP contribution in [0.3, 0.4) is 0 Å². The molecule has 1 aromatic heterocycles. The van der Waals surface area contributed by atoms with Crippen LogP contribution in [0.25, 0.3) is 0 Å². The van der Waals surface area contributed by atoms with Crippen molar-refractivity contribution in [1.29, 1.82) is 0 Å². The van der Waals surface area contributed by atoms with Crippen LogP contribution in [0.2, 0.25) is 0 Å². The number of fused-ring (bicyclic) bond motifs is 1. The number of carbonyl (C=O) groups is 1. The molecule has 1 heterocycles. The Labute approximate surface area is 128 Å². The second-order valence-corrected chi connectivity index (χ2v) is 7.21. The molecule has 0 bridgehead atoms.